The molecule has 3 N–H and O–H groups in total. The molecule has 0 aromatic heterocycles. The Balaban J connectivity index is 1.99. The SMILES string of the molecule is NC(=O)c1cc(OCC2CC2)c(F)c(F)c1Nc1ccc(I)cc1Cl. The monoisotopic (exact) mass is 478 g/mol. The fourth-order valence-corrected chi connectivity index (χ4v) is 3.15. The van der Waals surface area contributed by atoms with Crippen molar-refractivity contribution in [1.29, 1.82) is 0 Å². The molecule has 0 spiro atoms. The highest BCUT2D eigenvalue weighted by Gasteiger charge is 2.26. The Kier molecular flexibility index (Phi) is 5.33. The lowest BCUT2D eigenvalue weighted by Crippen LogP contribution is -2.16. The zero-order chi connectivity index (χ0) is 18.1. The van der Waals surface area contributed by atoms with Crippen LogP contribution >= 0.6 is 34.2 Å². The number of carbonyl (C=O) groups is 1. The van der Waals surface area contributed by atoms with Gasteiger partial charge >= 0.3 is 0 Å². The van der Waals surface area contributed by atoms with Crippen LogP contribution in [0.25, 0.3) is 0 Å². The Morgan fingerprint density at radius 1 is 1.32 bits per heavy atom. The highest BCUT2D eigenvalue weighted by Crippen LogP contribution is 2.36. The van der Waals surface area contributed by atoms with E-state index in [0.29, 0.717) is 16.6 Å². The van der Waals surface area contributed by atoms with E-state index in [2.05, 4.69) is 27.9 Å². The molecule has 1 fully saturated rings. The van der Waals surface area contributed by atoms with Gasteiger partial charge in [-0.3, -0.25) is 4.79 Å². The summed E-state index contributed by atoms with van der Waals surface area (Å²) in [7, 11) is 0. The van der Waals surface area contributed by atoms with Gasteiger partial charge in [-0.2, -0.15) is 4.39 Å². The molecule has 25 heavy (non-hydrogen) atoms. The highest BCUT2D eigenvalue weighted by molar-refractivity contribution is 14.1. The van der Waals surface area contributed by atoms with Crippen LogP contribution in [0.4, 0.5) is 20.2 Å². The van der Waals surface area contributed by atoms with E-state index in [0.717, 1.165) is 22.5 Å². The van der Waals surface area contributed by atoms with Crippen LogP contribution in [0, 0.1) is 21.1 Å². The van der Waals surface area contributed by atoms with Crippen molar-refractivity contribution in [2.45, 2.75) is 12.8 Å². The van der Waals surface area contributed by atoms with E-state index in [4.69, 9.17) is 22.1 Å². The molecule has 1 aliphatic rings. The summed E-state index contributed by atoms with van der Waals surface area (Å²) in [5.74, 6) is -3.29. The van der Waals surface area contributed by atoms with Crippen molar-refractivity contribution in [3.05, 3.63) is 50.1 Å². The molecule has 0 radical (unpaired) electrons. The smallest absolute Gasteiger partial charge is 0.251 e. The van der Waals surface area contributed by atoms with Crippen molar-refractivity contribution in [3.8, 4) is 5.75 Å². The summed E-state index contributed by atoms with van der Waals surface area (Å²) in [6.07, 6.45) is 2.00. The molecule has 0 aliphatic heterocycles. The van der Waals surface area contributed by atoms with E-state index < -0.39 is 17.5 Å². The van der Waals surface area contributed by atoms with Gasteiger partial charge < -0.3 is 15.8 Å². The minimum Gasteiger partial charge on any atom is -0.490 e. The predicted octanol–water partition coefficient (Wildman–Crippen LogP) is 4.85. The van der Waals surface area contributed by atoms with Gasteiger partial charge in [-0.05, 0) is 65.6 Å². The molecule has 2 aromatic carbocycles. The quantitative estimate of drug-likeness (QED) is 0.583. The Hall–Kier alpha value is -1.61. The number of ether oxygens (including phenoxy) is 1. The molecule has 0 atom stereocenters. The lowest BCUT2D eigenvalue weighted by Gasteiger charge is -2.16. The molecule has 2 aromatic rings. The molecule has 0 heterocycles. The van der Waals surface area contributed by atoms with Gasteiger partial charge in [0.05, 0.1) is 28.6 Å². The third-order valence-corrected chi connectivity index (χ3v) is 4.78. The number of primary amides is 1. The van der Waals surface area contributed by atoms with Crippen LogP contribution < -0.4 is 15.8 Å². The van der Waals surface area contributed by atoms with Crippen LogP contribution in [-0.2, 0) is 0 Å². The second-order valence-electron chi connectivity index (χ2n) is 5.79. The van der Waals surface area contributed by atoms with Crippen molar-refractivity contribution >= 4 is 51.5 Å². The molecular formula is C17H14ClF2IN2O2. The van der Waals surface area contributed by atoms with E-state index in [-0.39, 0.29) is 23.6 Å². The van der Waals surface area contributed by atoms with Crippen molar-refractivity contribution in [2.24, 2.45) is 11.7 Å². The number of halogens is 4. The Labute approximate surface area is 161 Å². The van der Waals surface area contributed by atoms with Gasteiger partial charge in [0.2, 0.25) is 5.82 Å². The molecule has 3 rings (SSSR count). The maximum atomic E-state index is 14.5. The number of rotatable bonds is 6. The summed E-state index contributed by atoms with van der Waals surface area (Å²) >= 11 is 8.17. The van der Waals surface area contributed by atoms with Crippen molar-refractivity contribution in [2.75, 3.05) is 11.9 Å². The van der Waals surface area contributed by atoms with Crippen LogP contribution in [0.1, 0.15) is 23.2 Å². The summed E-state index contributed by atoms with van der Waals surface area (Å²) in [6, 6.07) is 6.10. The van der Waals surface area contributed by atoms with Crippen LogP contribution in [0.15, 0.2) is 24.3 Å². The van der Waals surface area contributed by atoms with E-state index in [9.17, 15) is 13.6 Å². The second-order valence-corrected chi connectivity index (χ2v) is 7.45. The van der Waals surface area contributed by atoms with Gasteiger partial charge in [0.1, 0.15) is 0 Å². The van der Waals surface area contributed by atoms with Gasteiger partial charge in [0.15, 0.2) is 11.6 Å². The van der Waals surface area contributed by atoms with E-state index in [1.54, 1.807) is 18.2 Å². The molecule has 0 bridgehead atoms. The number of amides is 1. The maximum Gasteiger partial charge on any atom is 0.251 e. The minimum atomic E-state index is -1.24. The maximum absolute atomic E-state index is 14.5. The van der Waals surface area contributed by atoms with Gasteiger partial charge in [-0.1, -0.05) is 11.6 Å². The average molecular weight is 479 g/mol. The van der Waals surface area contributed by atoms with Crippen molar-refractivity contribution in [1.82, 2.24) is 0 Å². The molecule has 1 aliphatic carbocycles. The fourth-order valence-electron chi connectivity index (χ4n) is 2.24. The topological polar surface area (TPSA) is 64.4 Å². The van der Waals surface area contributed by atoms with E-state index >= 15 is 0 Å². The number of hydrogen-bond acceptors (Lipinski definition) is 3. The molecule has 132 valence electrons. The summed E-state index contributed by atoms with van der Waals surface area (Å²) in [4.78, 5) is 11.7. The summed E-state index contributed by atoms with van der Waals surface area (Å²) < 4.78 is 35.0. The average Bonchev–Trinajstić information content (AvgIpc) is 3.37. The Bertz CT molecular complexity index is 844. The van der Waals surface area contributed by atoms with Crippen LogP contribution in [-0.4, -0.2) is 12.5 Å². The zero-order valence-electron chi connectivity index (χ0n) is 12.9. The number of hydrogen-bond donors (Lipinski definition) is 2. The first-order chi connectivity index (χ1) is 11.9. The number of nitrogens with one attached hydrogen (secondary N) is 1. The number of nitrogens with two attached hydrogens (primary N) is 1. The van der Waals surface area contributed by atoms with Gasteiger partial charge in [-0.25, -0.2) is 4.39 Å². The van der Waals surface area contributed by atoms with Crippen LogP contribution in [0.5, 0.6) is 5.75 Å². The highest BCUT2D eigenvalue weighted by atomic mass is 127. The Morgan fingerprint density at radius 3 is 2.64 bits per heavy atom. The molecule has 0 saturated heterocycles. The summed E-state index contributed by atoms with van der Waals surface area (Å²) in [6.45, 7) is 0.282. The van der Waals surface area contributed by atoms with Crippen molar-refractivity contribution in [3.63, 3.8) is 0 Å². The molecule has 8 heteroatoms. The second kappa shape index (κ2) is 7.33. The third kappa shape index (κ3) is 4.14. The van der Waals surface area contributed by atoms with E-state index in [1.165, 1.54) is 0 Å². The molecule has 1 amide bonds. The summed E-state index contributed by atoms with van der Waals surface area (Å²) in [5.41, 5.74) is 5.08. The molecule has 0 unspecified atom stereocenters. The van der Waals surface area contributed by atoms with Crippen LogP contribution in [0.3, 0.4) is 0 Å². The largest absolute Gasteiger partial charge is 0.490 e. The standard InChI is InChI=1S/C17H14ClF2IN2O2/c18-11-5-9(21)3-4-12(11)23-16-10(17(22)24)6-13(14(19)15(16)20)25-7-8-1-2-8/h3-6,8,23H,1-2,7H2,(H2,22,24). The minimum absolute atomic E-state index is 0.209. The number of carbonyl (C=O) groups excluding carboxylic acids is 1. The lowest BCUT2D eigenvalue weighted by molar-refractivity contribution is 0.1000. The van der Waals surface area contributed by atoms with Crippen LogP contribution in [0.2, 0.25) is 5.02 Å². The Morgan fingerprint density at radius 2 is 2.04 bits per heavy atom. The first-order valence-corrected chi connectivity index (χ1v) is 8.99. The molecule has 1 saturated carbocycles. The molecular weight excluding hydrogens is 465 g/mol. The number of benzene rings is 2. The first-order valence-electron chi connectivity index (χ1n) is 7.53. The van der Waals surface area contributed by atoms with Crippen molar-refractivity contribution < 1.29 is 18.3 Å². The third-order valence-electron chi connectivity index (χ3n) is 3.80. The first kappa shape index (κ1) is 18.2. The van der Waals surface area contributed by atoms with Gasteiger partial charge in [0.25, 0.3) is 5.91 Å². The number of anilines is 2. The lowest BCUT2D eigenvalue weighted by atomic mass is 10.1. The summed E-state index contributed by atoms with van der Waals surface area (Å²) in [5, 5.41) is 2.96. The predicted molar refractivity (Wildman–Crippen MR) is 101 cm³/mol. The molecule has 4 nitrogen and oxygen atoms in total. The van der Waals surface area contributed by atoms with Gasteiger partial charge in [0, 0.05) is 3.57 Å². The van der Waals surface area contributed by atoms with E-state index in [1.807, 2.05) is 0 Å². The fraction of sp³-hybridized carbons (Fsp3) is 0.235. The normalized spacial score (nSPS) is 13.6. The zero-order valence-corrected chi connectivity index (χ0v) is 15.8. The van der Waals surface area contributed by atoms with Gasteiger partial charge in [-0.15, -0.1) is 0 Å².